The number of nitrogens with two attached hydrogens (primary N) is 1. The average Bonchev–Trinajstić information content (AvgIpc) is 2.66. The molecule has 88 valence electrons. The van der Waals surface area contributed by atoms with Crippen LogP contribution in [0.25, 0.3) is 0 Å². The Balaban J connectivity index is 1.96. The second kappa shape index (κ2) is 4.63. The molecule has 5 heteroatoms. The average molecular weight is 224 g/mol. The summed E-state index contributed by atoms with van der Waals surface area (Å²) in [5, 5.41) is 3.02. The molecule has 1 aliphatic rings. The van der Waals surface area contributed by atoms with Crippen LogP contribution in [0.15, 0.2) is 6.20 Å². The van der Waals surface area contributed by atoms with E-state index in [0.717, 1.165) is 12.7 Å². The van der Waals surface area contributed by atoms with Gasteiger partial charge in [0, 0.05) is 6.54 Å². The highest BCUT2D eigenvalue weighted by atomic mass is 19.1. The van der Waals surface area contributed by atoms with Gasteiger partial charge in [0.1, 0.15) is 0 Å². The first-order chi connectivity index (χ1) is 7.66. The minimum absolute atomic E-state index is 0.100. The molecule has 0 saturated heterocycles. The predicted octanol–water partition coefficient (Wildman–Crippen LogP) is 2.05. The number of anilines is 2. The molecule has 0 bridgehead atoms. The second-order valence-corrected chi connectivity index (χ2v) is 4.47. The fraction of sp³-hybridized carbons (Fsp3) is 0.636. The van der Waals surface area contributed by atoms with Gasteiger partial charge in [0.2, 0.25) is 5.95 Å². The SMILES string of the molecule is CC1CCCC1CNc1nc(N)ncc1F. The van der Waals surface area contributed by atoms with E-state index in [2.05, 4.69) is 22.2 Å². The van der Waals surface area contributed by atoms with Crippen molar-refractivity contribution in [2.45, 2.75) is 26.2 Å². The minimum atomic E-state index is -0.445. The number of hydrogen-bond acceptors (Lipinski definition) is 4. The van der Waals surface area contributed by atoms with Crippen LogP contribution in [-0.2, 0) is 0 Å². The van der Waals surface area contributed by atoms with Gasteiger partial charge in [0.15, 0.2) is 11.6 Å². The Kier molecular flexibility index (Phi) is 3.22. The topological polar surface area (TPSA) is 63.8 Å². The molecular weight excluding hydrogens is 207 g/mol. The smallest absolute Gasteiger partial charge is 0.222 e. The summed E-state index contributed by atoms with van der Waals surface area (Å²) in [5.41, 5.74) is 5.41. The van der Waals surface area contributed by atoms with Crippen LogP contribution < -0.4 is 11.1 Å². The summed E-state index contributed by atoms with van der Waals surface area (Å²) in [7, 11) is 0. The molecule has 0 aromatic carbocycles. The zero-order chi connectivity index (χ0) is 11.5. The summed E-state index contributed by atoms with van der Waals surface area (Å²) in [4.78, 5) is 7.43. The molecule has 1 saturated carbocycles. The number of nitrogens with zero attached hydrogens (tertiary/aromatic N) is 2. The maximum absolute atomic E-state index is 13.3. The van der Waals surface area contributed by atoms with E-state index in [0.29, 0.717) is 11.8 Å². The number of halogens is 1. The van der Waals surface area contributed by atoms with E-state index in [1.807, 2.05) is 0 Å². The standard InChI is InChI=1S/C11H17FN4/c1-7-3-2-4-8(7)5-14-10-9(12)6-15-11(13)16-10/h6-8H,2-5H2,1H3,(H3,13,14,15,16). The lowest BCUT2D eigenvalue weighted by Crippen LogP contribution is -2.18. The Labute approximate surface area is 94.5 Å². The van der Waals surface area contributed by atoms with Gasteiger partial charge in [-0.15, -0.1) is 0 Å². The zero-order valence-corrected chi connectivity index (χ0v) is 9.41. The van der Waals surface area contributed by atoms with Crippen molar-refractivity contribution in [1.82, 2.24) is 9.97 Å². The summed E-state index contributed by atoms with van der Waals surface area (Å²) in [6, 6.07) is 0. The first-order valence-electron chi connectivity index (χ1n) is 5.68. The van der Waals surface area contributed by atoms with Crippen LogP contribution in [0.4, 0.5) is 16.2 Å². The van der Waals surface area contributed by atoms with Crippen molar-refractivity contribution in [3.05, 3.63) is 12.0 Å². The van der Waals surface area contributed by atoms with Crippen LogP contribution in [0.3, 0.4) is 0 Å². The molecule has 2 atom stereocenters. The van der Waals surface area contributed by atoms with Gasteiger partial charge in [0.25, 0.3) is 0 Å². The van der Waals surface area contributed by atoms with Gasteiger partial charge >= 0.3 is 0 Å². The van der Waals surface area contributed by atoms with Crippen molar-refractivity contribution in [2.24, 2.45) is 11.8 Å². The van der Waals surface area contributed by atoms with Crippen LogP contribution >= 0.6 is 0 Å². The maximum Gasteiger partial charge on any atom is 0.222 e. The van der Waals surface area contributed by atoms with E-state index in [9.17, 15) is 4.39 Å². The molecular formula is C11H17FN4. The van der Waals surface area contributed by atoms with Crippen molar-refractivity contribution in [3.63, 3.8) is 0 Å². The van der Waals surface area contributed by atoms with E-state index < -0.39 is 5.82 Å². The Bertz CT molecular complexity index is 369. The quantitative estimate of drug-likeness (QED) is 0.824. The summed E-state index contributed by atoms with van der Waals surface area (Å²) < 4.78 is 13.3. The number of rotatable bonds is 3. The summed E-state index contributed by atoms with van der Waals surface area (Å²) in [5.74, 6) is 1.18. The first-order valence-corrected chi connectivity index (χ1v) is 5.68. The molecule has 1 aromatic heterocycles. The largest absolute Gasteiger partial charge is 0.368 e. The molecule has 0 aliphatic heterocycles. The van der Waals surface area contributed by atoms with E-state index in [4.69, 9.17) is 5.73 Å². The Morgan fingerprint density at radius 2 is 2.38 bits per heavy atom. The lowest BCUT2D eigenvalue weighted by Gasteiger charge is -2.16. The molecule has 0 amide bonds. The fourth-order valence-corrected chi connectivity index (χ4v) is 2.26. The molecule has 16 heavy (non-hydrogen) atoms. The van der Waals surface area contributed by atoms with Gasteiger partial charge in [-0.2, -0.15) is 4.98 Å². The molecule has 1 fully saturated rings. The molecule has 2 unspecified atom stereocenters. The highest BCUT2D eigenvalue weighted by molar-refractivity contribution is 5.39. The van der Waals surface area contributed by atoms with Crippen LogP contribution in [0, 0.1) is 17.7 Å². The summed E-state index contributed by atoms with van der Waals surface area (Å²) >= 11 is 0. The van der Waals surface area contributed by atoms with Crippen molar-refractivity contribution in [2.75, 3.05) is 17.6 Å². The highest BCUT2D eigenvalue weighted by Crippen LogP contribution is 2.31. The molecule has 3 N–H and O–H groups in total. The zero-order valence-electron chi connectivity index (χ0n) is 9.41. The van der Waals surface area contributed by atoms with Crippen molar-refractivity contribution in [1.29, 1.82) is 0 Å². The Morgan fingerprint density at radius 1 is 1.56 bits per heavy atom. The van der Waals surface area contributed by atoms with E-state index in [-0.39, 0.29) is 11.8 Å². The van der Waals surface area contributed by atoms with Gasteiger partial charge < -0.3 is 11.1 Å². The molecule has 1 aliphatic carbocycles. The molecule has 0 spiro atoms. The number of hydrogen-bond donors (Lipinski definition) is 2. The number of aromatic nitrogens is 2. The summed E-state index contributed by atoms with van der Waals surface area (Å²) in [6.07, 6.45) is 4.84. The lowest BCUT2D eigenvalue weighted by molar-refractivity contribution is 0.438. The maximum atomic E-state index is 13.3. The fourth-order valence-electron chi connectivity index (χ4n) is 2.26. The molecule has 2 rings (SSSR count). The van der Waals surface area contributed by atoms with Crippen LogP contribution in [0.2, 0.25) is 0 Å². The van der Waals surface area contributed by atoms with Gasteiger partial charge in [0.05, 0.1) is 6.20 Å². The van der Waals surface area contributed by atoms with Crippen LogP contribution in [-0.4, -0.2) is 16.5 Å². The van der Waals surface area contributed by atoms with Crippen LogP contribution in [0.5, 0.6) is 0 Å². The summed E-state index contributed by atoms with van der Waals surface area (Å²) in [6.45, 7) is 3.00. The van der Waals surface area contributed by atoms with E-state index >= 15 is 0 Å². The van der Waals surface area contributed by atoms with Gasteiger partial charge in [-0.25, -0.2) is 9.37 Å². The third kappa shape index (κ3) is 2.40. The van der Waals surface area contributed by atoms with Gasteiger partial charge in [-0.3, -0.25) is 0 Å². The van der Waals surface area contributed by atoms with Gasteiger partial charge in [-0.1, -0.05) is 19.8 Å². The van der Waals surface area contributed by atoms with Crippen molar-refractivity contribution < 1.29 is 4.39 Å². The van der Waals surface area contributed by atoms with E-state index in [1.165, 1.54) is 19.3 Å². The Hall–Kier alpha value is -1.39. The number of nitrogens with one attached hydrogen (secondary N) is 1. The normalized spacial score (nSPS) is 24.6. The highest BCUT2D eigenvalue weighted by Gasteiger charge is 2.23. The van der Waals surface area contributed by atoms with Crippen molar-refractivity contribution in [3.8, 4) is 0 Å². The predicted molar refractivity (Wildman–Crippen MR) is 61.4 cm³/mol. The Morgan fingerprint density at radius 3 is 3.06 bits per heavy atom. The third-order valence-corrected chi connectivity index (χ3v) is 3.33. The molecule has 1 heterocycles. The first kappa shape index (κ1) is 11.1. The number of nitrogen functional groups attached to an aromatic ring is 1. The van der Waals surface area contributed by atoms with Crippen LogP contribution in [0.1, 0.15) is 26.2 Å². The minimum Gasteiger partial charge on any atom is -0.368 e. The molecule has 4 nitrogen and oxygen atoms in total. The van der Waals surface area contributed by atoms with Gasteiger partial charge in [-0.05, 0) is 18.3 Å². The van der Waals surface area contributed by atoms with Crippen molar-refractivity contribution >= 4 is 11.8 Å². The molecule has 0 radical (unpaired) electrons. The van der Waals surface area contributed by atoms with E-state index in [1.54, 1.807) is 0 Å². The monoisotopic (exact) mass is 224 g/mol. The molecule has 1 aromatic rings. The lowest BCUT2D eigenvalue weighted by atomic mass is 9.98. The third-order valence-electron chi connectivity index (χ3n) is 3.33. The second-order valence-electron chi connectivity index (χ2n) is 4.47.